The van der Waals surface area contributed by atoms with Crippen LogP contribution in [0.15, 0.2) is 10.7 Å². The summed E-state index contributed by atoms with van der Waals surface area (Å²) in [6, 6.07) is 1.11. The second-order valence-electron chi connectivity index (χ2n) is 3.02. The van der Waals surface area contributed by atoms with Crippen molar-refractivity contribution >= 4 is 21.9 Å². The molecule has 0 aliphatic rings. The van der Waals surface area contributed by atoms with Crippen LogP contribution in [0.2, 0.25) is 0 Å². The van der Waals surface area contributed by atoms with E-state index in [0.29, 0.717) is 5.69 Å². The second kappa shape index (κ2) is 5.34. The number of carbonyl (C=O) groups excluding carboxylic acids is 1. The summed E-state index contributed by atoms with van der Waals surface area (Å²) in [4.78, 5) is 15.3. The molecule has 6 heteroatoms. The molecule has 16 heavy (non-hydrogen) atoms. The topological polar surface area (TPSA) is 39.2 Å². The van der Waals surface area contributed by atoms with Gasteiger partial charge in [0.2, 0.25) is 0 Å². The van der Waals surface area contributed by atoms with E-state index in [4.69, 9.17) is 4.74 Å². The smallest absolute Gasteiger partial charge is 0.339 e. The van der Waals surface area contributed by atoms with Gasteiger partial charge < -0.3 is 4.74 Å². The van der Waals surface area contributed by atoms with Gasteiger partial charge in [-0.3, -0.25) is 0 Å². The molecule has 1 rings (SSSR count). The van der Waals surface area contributed by atoms with Gasteiger partial charge in [-0.25, -0.2) is 18.6 Å². The summed E-state index contributed by atoms with van der Waals surface area (Å²) >= 11 is 2.93. The zero-order chi connectivity index (χ0) is 12.3. The van der Waals surface area contributed by atoms with Crippen LogP contribution in [0.4, 0.5) is 8.78 Å². The van der Waals surface area contributed by atoms with E-state index in [9.17, 15) is 13.6 Å². The van der Waals surface area contributed by atoms with E-state index in [2.05, 4.69) is 20.9 Å². The Labute approximate surface area is 99.9 Å². The summed E-state index contributed by atoms with van der Waals surface area (Å²) in [6.45, 7) is 3.40. The molecule has 0 fully saturated rings. The summed E-state index contributed by atoms with van der Waals surface area (Å²) in [5.41, 5.74) is 0.115. The van der Waals surface area contributed by atoms with Gasteiger partial charge in [0.1, 0.15) is 4.60 Å². The molecule has 0 radical (unpaired) electrons. The number of carbonyl (C=O) groups is 1. The molecule has 0 bridgehead atoms. The molecule has 0 aliphatic heterocycles. The average molecular weight is 294 g/mol. The summed E-state index contributed by atoms with van der Waals surface area (Å²) in [5.74, 6) is -0.637. The molecule has 0 aromatic carbocycles. The van der Waals surface area contributed by atoms with Crippen molar-refractivity contribution in [2.75, 3.05) is 6.61 Å². The Hall–Kier alpha value is -1.04. The van der Waals surface area contributed by atoms with Gasteiger partial charge in [0, 0.05) is 0 Å². The predicted molar refractivity (Wildman–Crippen MR) is 57.6 cm³/mol. The Kier molecular flexibility index (Phi) is 4.35. The van der Waals surface area contributed by atoms with E-state index in [-0.39, 0.29) is 22.3 Å². The quantitative estimate of drug-likeness (QED) is 0.634. The highest BCUT2D eigenvalue weighted by Gasteiger charge is 2.19. The van der Waals surface area contributed by atoms with Crippen LogP contribution >= 0.6 is 15.9 Å². The summed E-state index contributed by atoms with van der Waals surface area (Å²) < 4.78 is 29.9. The van der Waals surface area contributed by atoms with Crippen LogP contribution in [0.25, 0.3) is 0 Å². The van der Waals surface area contributed by atoms with Crippen LogP contribution < -0.4 is 0 Å². The molecule has 0 unspecified atom stereocenters. The monoisotopic (exact) mass is 293 g/mol. The lowest BCUT2D eigenvalue weighted by Gasteiger charge is -2.09. The van der Waals surface area contributed by atoms with Crippen molar-refractivity contribution in [1.29, 1.82) is 0 Å². The van der Waals surface area contributed by atoms with E-state index < -0.39 is 12.4 Å². The highest BCUT2D eigenvalue weighted by atomic mass is 79.9. The molecule has 1 aromatic rings. The zero-order valence-electron chi connectivity index (χ0n) is 8.76. The van der Waals surface area contributed by atoms with Crippen LogP contribution in [-0.2, 0) is 4.74 Å². The molecule has 0 spiro atoms. The number of hydrogen-bond acceptors (Lipinski definition) is 3. The van der Waals surface area contributed by atoms with E-state index in [1.165, 1.54) is 0 Å². The Morgan fingerprint density at radius 3 is 2.75 bits per heavy atom. The van der Waals surface area contributed by atoms with Crippen LogP contribution in [0.5, 0.6) is 0 Å². The molecule has 88 valence electrons. The Bertz CT molecular complexity index is 410. The van der Waals surface area contributed by atoms with Crippen LogP contribution in [0.3, 0.4) is 0 Å². The number of hydrogen-bond donors (Lipinski definition) is 0. The molecule has 0 amide bonds. The molecule has 0 saturated heterocycles. The molecule has 3 nitrogen and oxygen atoms in total. The van der Waals surface area contributed by atoms with Gasteiger partial charge in [-0.2, -0.15) is 0 Å². The number of nitrogens with zero attached hydrogens (tertiary/aromatic N) is 1. The van der Waals surface area contributed by atoms with E-state index in [1.807, 2.05) is 0 Å². The van der Waals surface area contributed by atoms with Crippen LogP contribution in [0, 0.1) is 6.92 Å². The highest BCUT2D eigenvalue weighted by Crippen LogP contribution is 2.27. The zero-order valence-corrected chi connectivity index (χ0v) is 10.3. The lowest BCUT2D eigenvalue weighted by atomic mass is 10.1. The largest absolute Gasteiger partial charge is 0.462 e. The van der Waals surface area contributed by atoms with Crippen LogP contribution in [0.1, 0.15) is 35.0 Å². The normalized spacial score (nSPS) is 10.6. The fourth-order valence-corrected chi connectivity index (χ4v) is 1.71. The molecule has 0 saturated carbocycles. The number of esters is 1. The maximum Gasteiger partial charge on any atom is 0.339 e. The maximum atomic E-state index is 12.6. The van der Waals surface area contributed by atoms with E-state index in [1.54, 1.807) is 13.8 Å². The molecule has 1 aromatic heterocycles. The van der Waals surface area contributed by atoms with E-state index >= 15 is 0 Å². The molecule has 0 aliphatic carbocycles. The molecular weight excluding hydrogens is 284 g/mol. The van der Waals surface area contributed by atoms with Gasteiger partial charge in [0.05, 0.1) is 23.4 Å². The fourth-order valence-electron chi connectivity index (χ4n) is 1.16. The van der Waals surface area contributed by atoms with Gasteiger partial charge >= 0.3 is 5.97 Å². The molecule has 0 N–H and O–H groups in total. The van der Waals surface area contributed by atoms with Gasteiger partial charge in [-0.1, -0.05) is 0 Å². The minimum Gasteiger partial charge on any atom is -0.462 e. The van der Waals surface area contributed by atoms with E-state index in [0.717, 1.165) is 6.07 Å². The average Bonchev–Trinajstić information content (AvgIpc) is 2.17. The SMILES string of the molecule is CCOC(=O)c1cc(C(F)F)c(Br)nc1C. The number of pyridine rings is 1. The number of halogens is 3. The summed E-state index contributed by atoms with van der Waals surface area (Å²) in [5, 5.41) is 0. The van der Waals surface area contributed by atoms with Gasteiger partial charge in [0.15, 0.2) is 0 Å². The van der Waals surface area contributed by atoms with Crippen LogP contribution in [-0.4, -0.2) is 17.6 Å². The molecule has 0 atom stereocenters. The number of alkyl halides is 2. The third-order valence-electron chi connectivity index (χ3n) is 1.92. The fraction of sp³-hybridized carbons (Fsp3) is 0.400. The molecule has 1 heterocycles. The van der Waals surface area contributed by atoms with Crippen molar-refractivity contribution in [3.63, 3.8) is 0 Å². The lowest BCUT2D eigenvalue weighted by molar-refractivity contribution is 0.0524. The van der Waals surface area contributed by atoms with Crippen molar-refractivity contribution in [2.45, 2.75) is 20.3 Å². The lowest BCUT2D eigenvalue weighted by Crippen LogP contribution is -2.09. The Morgan fingerprint density at radius 1 is 1.62 bits per heavy atom. The molecular formula is C10H10BrF2NO2. The minimum absolute atomic E-state index is 0.0491. The predicted octanol–water partition coefficient (Wildman–Crippen LogP) is 3.27. The standard InChI is InChI=1S/C10H10BrF2NO2/c1-3-16-10(15)6-4-7(9(12)13)8(11)14-5(6)2/h4,9H,3H2,1-2H3. The number of aromatic nitrogens is 1. The first-order chi connectivity index (χ1) is 7.47. The summed E-state index contributed by atoms with van der Waals surface area (Å²) in [7, 11) is 0. The third kappa shape index (κ3) is 2.75. The highest BCUT2D eigenvalue weighted by molar-refractivity contribution is 9.10. The van der Waals surface area contributed by atoms with Gasteiger partial charge in [-0.15, -0.1) is 0 Å². The van der Waals surface area contributed by atoms with Crippen molar-refractivity contribution in [1.82, 2.24) is 4.98 Å². The number of ether oxygens (including phenoxy) is 1. The first-order valence-corrected chi connectivity index (χ1v) is 5.39. The van der Waals surface area contributed by atoms with Crippen molar-refractivity contribution < 1.29 is 18.3 Å². The maximum absolute atomic E-state index is 12.6. The van der Waals surface area contributed by atoms with Gasteiger partial charge in [-0.05, 0) is 35.8 Å². The number of aryl methyl sites for hydroxylation is 1. The first kappa shape index (κ1) is 13.0. The number of rotatable bonds is 3. The van der Waals surface area contributed by atoms with Gasteiger partial charge in [0.25, 0.3) is 6.43 Å². The summed E-state index contributed by atoms with van der Waals surface area (Å²) in [6.07, 6.45) is -2.68. The Morgan fingerprint density at radius 2 is 2.25 bits per heavy atom. The van der Waals surface area contributed by atoms with Crippen molar-refractivity contribution in [2.24, 2.45) is 0 Å². The van der Waals surface area contributed by atoms with Crippen molar-refractivity contribution in [3.8, 4) is 0 Å². The second-order valence-corrected chi connectivity index (χ2v) is 3.77. The Balaban J connectivity index is 3.19. The minimum atomic E-state index is -2.68. The first-order valence-electron chi connectivity index (χ1n) is 4.59. The third-order valence-corrected chi connectivity index (χ3v) is 2.56. The van der Waals surface area contributed by atoms with Crippen molar-refractivity contribution in [3.05, 3.63) is 27.5 Å².